The van der Waals surface area contributed by atoms with E-state index in [1.807, 2.05) is 13.8 Å². The van der Waals surface area contributed by atoms with Crippen LogP contribution in [-0.2, 0) is 9.59 Å². The first kappa shape index (κ1) is 10.8. The Morgan fingerprint density at radius 3 is 2.07 bits per heavy atom. The van der Waals surface area contributed by atoms with Crippen molar-refractivity contribution in [3.05, 3.63) is 11.6 Å². The zero-order valence-electron chi connectivity index (χ0n) is 8.44. The molecule has 14 heavy (non-hydrogen) atoms. The maximum Gasteiger partial charge on any atom is 0.330 e. The van der Waals surface area contributed by atoms with Gasteiger partial charge in [-0.25, -0.2) is 4.79 Å². The Balaban J connectivity index is 2.80. The lowest BCUT2D eigenvalue weighted by molar-refractivity contribution is -0.139. The lowest BCUT2D eigenvalue weighted by Gasteiger charge is -1.97. The third-order valence-corrected chi connectivity index (χ3v) is 2.94. The average Bonchev–Trinajstić information content (AvgIpc) is 2.52. The molecule has 0 aromatic heterocycles. The predicted octanol–water partition coefficient (Wildman–Crippen LogP) is 1.37. The van der Waals surface area contributed by atoms with Gasteiger partial charge in [-0.3, -0.25) is 4.79 Å². The van der Waals surface area contributed by atoms with Crippen LogP contribution >= 0.6 is 0 Å². The topological polar surface area (TPSA) is 74.6 Å². The van der Waals surface area contributed by atoms with Gasteiger partial charge in [0.15, 0.2) is 0 Å². The van der Waals surface area contributed by atoms with Crippen LogP contribution in [0.15, 0.2) is 11.6 Å². The maximum atomic E-state index is 10.8. The molecule has 0 amide bonds. The third-order valence-electron chi connectivity index (χ3n) is 2.94. The van der Waals surface area contributed by atoms with Crippen LogP contribution in [0.4, 0.5) is 0 Å². The molecule has 0 spiro atoms. The molecule has 0 radical (unpaired) electrons. The van der Waals surface area contributed by atoms with Crippen molar-refractivity contribution in [1.29, 1.82) is 0 Å². The Morgan fingerprint density at radius 2 is 1.79 bits per heavy atom. The van der Waals surface area contributed by atoms with Gasteiger partial charge in [-0.05, 0) is 18.3 Å². The fourth-order valence-electron chi connectivity index (χ4n) is 1.80. The smallest absolute Gasteiger partial charge is 0.330 e. The summed E-state index contributed by atoms with van der Waals surface area (Å²) in [4.78, 5) is 21.3. The van der Waals surface area contributed by atoms with E-state index in [1.165, 1.54) is 6.92 Å². The van der Waals surface area contributed by atoms with Gasteiger partial charge in [0.1, 0.15) is 0 Å². The Labute approximate surface area is 82.2 Å². The molecule has 2 N–H and O–H groups in total. The quantitative estimate of drug-likeness (QED) is 0.672. The fraction of sp³-hybridized carbons (Fsp3) is 0.600. The highest BCUT2D eigenvalue weighted by molar-refractivity contribution is 5.86. The van der Waals surface area contributed by atoms with E-state index in [2.05, 4.69) is 0 Å². The third kappa shape index (κ3) is 1.64. The first-order valence-corrected chi connectivity index (χ1v) is 4.43. The maximum absolute atomic E-state index is 10.8. The minimum atomic E-state index is -0.989. The Bertz CT molecular complexity index is 314. The van der Waals surface area contributed by atoms with E-state index in [-0.39, 0.29) is 16.9 Å². The van der Waals surface area contributed by atoms with E-state index in [1.54, 1.807) is 6.08 Å². The molecule has 0 bridgehead atoms. The highest BCUT2D eigenvalue weighted by Gasteiger charge is 2.60. The number of rotatable bonds is 3. The summed E-state index contributed by atoms with van der Waals surface area (Å²) in [6, 6.07) is 0. The first-order valence-electron chi connectivity index (χ1n) is 4.43. The number of carboxylic acids is 2. The van der Waals surface area contributed by atoms with Crippen LogP contribution in [-0.4, -0.2) is 22.2 Å². The summed E-state index contributed by atoms with van der Waals surface area (Å²) in [6.07, 6.45) is 1.54. The summed E-state index contributed by atoms with van der Waals surface area (Å²) in [5, 5.41) is 17.5. The molecule has 1 saturated carbocycles. The molecule has 2 atom stereocenters. The van der Waals surface area contributed by atoms with Crippen molar-refractivity contribution < 1.29 is 19.8 Å². The molecule has 1 rings (SSSR count). The van der Waals surface area contributed by atoms with Gasteiger partial charge in [0.05, 0.1) is 5.92 Å². The van der Waals surface area contributed by atoms with Gasteiger partial charge in [-0.1, -0.05) is 19.9 Å². The van der Waals surface area contributed by atoms with Gasteiger partial charge in [0.2, 0.25) is 0 Å². The molecule has 0 aliphatic heterocycles. The van der Waals surface area contributed by atoms with E-state index in [9.17, 15) is 9.59 Å². The second kappa shape index (κ2) is 3.12. The van der Waals surface area contributed by atoms with Crippen LogP contribution in [0, 0.1) is 17.3 Å². The average molecular weight is 198 g/mol. The molecule has 4 nitrogen and oxygen atoms in total. The summed E-state index contributed by atoms with van der Waals surface area (Å²) in [5.74, 6) is -2.45. The number of allylic oxidation sites excluding steroid dienone is 1. The van der Waals surface area contributed by atoms with Crippen molar-refractivity contribution in [2.45, 2.75) is 20.8 Å². The van der Waals surface area contributed by atoms with Crippen molar-refractivity contribution in [2.24, 2.45) is 17.3 Å². The van der Waals surface area contributed by atoms with E-state index in [0.717, 1.165) is 0 Å². The van der Waals surface area contributed by atoms with Crippen LogP contribution in [0.25, 0.3) is 0 Å². The standard InChI is InChI=1S/C10H14O4/c1-5(8(11)12)4-6-7(9(13)14)10(6,2)3/h4,6-7H,1-3H3,(H,11,12)(H,13,14)/b5-4-/t6-,7+/m0/s1. The first-order chi connectivity index (χ1) is 6.28. The van der Waals surface area contributed by atoms with Crippen LogP contribution in [0.5, 0.6) is 0 Å². The Hall–Kier alpha value is -1.32. The van der Waals surface area contributed by atoms with Crippen molar-refractivity contribution in [1.82, 2.24) is 0 Å². The molecule has 1 aliphatic rings. The molecule has 78 valence electrons. The monoisotopic (exact) mass is 198 g/mol. The van der Waals surface area contributed by atoms with E-state index in [0.29, 0.717) is 0 Å². The lowest BCUT2D eigenvalue weighted by atomic mass is 10.1. The van der Waals surface area contributed by atoms with E-state index < -0.39 is 17.9 Å². The zero-order valence-corrected chi connectivity index (χ0v) is 8.44. The van der Waals surface area contributed by atoms with Gasteiger partial charge in [-0.2, -0.15) is 0 Å². The van der Waals surface area contributed by atoms with Crippen molar-refractivity contribution >= 4 is 11.9 Å². The molecule has 0 unspecified atom stereocenters. The van der Waals surface area contributed by atoms with Crippen LogP contribution in [0.1, 0.15) is 20.8 Å². The van der Waals surface area contributed by atoms with Crippen molar-refractivity contribution in [3.63, 3.8) is 0 Å². The van der Waals surface area contributed by atoms with Gasteiger partial charge >= 0.3 is 11.9 Å². The Kier molecular flexibility index (Phi) is 2.39. The summed E-state index contributed by atoms with van der Waals surface area (Å²) in [7, 11) is 0. The van der Waals surface area contributed by atoms with Crippen LogP contribution in [0.2, 0.25) is 0 Å². The van der Waals surface area contributed by atoms with Crippen LogP contribution in [0.3, 0.4) is 0 Å². The second-order valence-electron chi connectivity index (χ2n) is 4.32. The normalized spacial score (nSPS) is 29.8. The molecule has 0 aromatic carbocycles. The van der Waals surface area contributed by atoms with Crippen molar-refractivity contribution in [2.75, 3.05) is 0 Å². The molecule has 0 aromatic rings. The summed E-state index contributed by atoms with van der Waals surface area (Å²) >= 11 is 0. The molecular formula is C10H14O4. The second-order valence-corrected chi connectivity index (χ2v) is 4.32. The molecule has 0 heterocycles. The zero-order chi connectivity index (χ0) is 11.1. The van der Waals surface area contributed by atoms with Gasteiger partial charge in [0, 0.05) is 5.57 Å². The number of hydrogen-bond acceptors (Lipinski definition) is 2. The molecule has 1 aliphatic carbocycles. The lowest BCUT2D eigenvalue weighted by Crippen LogP contribution is -2.03. The number of hydrogen-bond donors (Lipinski definition) is 2. The number of carbonyl (C=O) groups is 2. The molecule has 0 saturated heterocycles. The summed E-state index contributed by atoms with van der Waals surface area (Å²) in [5.41, 5.74) is -0.102. The van der Waals surface area contributed by atoms with Crippen LogP contribution < -0.4 is 0 Å². The number of aliphatic carboxylic acids is 2. The largest absolute Gasteiger partial charge is 0.481 e. The number of carboxylic acid groups (broad SMARTS) is 2. The predicted molar refractivity (Wildman–Crippen MR) is 49.8 cm³/mol. The minimum Gasteiger partial charge on any atom is -0.481 e. The minimum absolute atomic E-state index is 0.156. The van der Waals surface area contributed by atoms with E-state index >= 15 is 0 Å². The summed E-state index contributed by atoms with van der Waals surface area (Å²) in [6.45, 7) is 5.15. The highest BCUT2D eigenvalue weighted by Crippen LogP contribution is 2.59. The van der Waals surface area contributed by atoms with Crippen molar-refractivity contribution in [3.8, 4) is 0 Å². The van der Waals surface area contributed by atoms with E-state index in [4.69, 9.17) is 10.2 Å². The Morgan fingerprint density at radius 1 is 1.29 bits per heavy atom. The summed E-state index contributed by atoms with van der Waals surface area (Å²) < 4.78 is 0. The molecular weight excluding hydrogens is 184 g/mol. The highest BCUT2D eigenvalue weighted by atomic mass is 16.4. The van der Waals surface area contributed by atoms with Gasteiger partial charge in [0.25, 0.3) is 0 Å². The van der Waals surface area contributed by atoms with Gasteiger partial charge < -0.3 is 10.2 Å². The molecule has 4 heteroatoms. The molecule has 1 fully saturated rings. The SMILES string of the molecule is C/C(=C/[C@H]1[C@H](C(=O)O)C1(C)C)C(=O)O. The van der Waals surface area contributed by atoms with Gasteiger partial charge in [-0.15, -0.1) is 0 Å². The fourth-order valence-corrected chi connectivity index (χ4v) is 1.80.